The summed E-state index contributed by atoms with van der Waals surface area (Å²) in [6.07, 6.45) is 0.359. The average molecular weight is 412 g/mol. The number of nitrogens with one attached hydrogen (secondary N) is 1. The lowest BCUT2D eigenvalue weighted by atomic mass is 9.95. The number of esters is 1. The molecular formula is C26H24N2O3. The van der Waals surface area contributed by atoms with Crippen LogP contribution in [0.5, 0.6) is 0 Å². The lowest BCUT2D eigenvalue weighted by Gasteiger charge is -2.20. The second kappa shape index (κ2) is 8.56. The minimum absolute atomic E-state index is 0.323. The number of amides is 1. The fourth-order valence-corrected chi connectivity index (χ4v) is 4.03. The Labute approximate surface area is 181 Å². The van der Waals surface area contributed by atoms with Gasteiger partial charge in [0.25, 0.3) is 5.91 Å². The number of fused-ring (bicyclic) bond motifs is 2. The Kier molecular flexibility index (Phi) is 5.67. The van der Waals surface area contributed by atoms with E-state index >= 15 is 0 Å². The molecule has 1 heterocycles. The van der Waals surface area contributed by atoms with Gasteiger partial charge in [0.2, 0.25) is 0 Å². The third-order valence-electron chi connectivity index (χ3n) is 5.66. The van der Waals surface area contributed by atoms with Gasteiger partial charge in [-0.15, -0.1) is 0 Å². The number of carbonyl (C=O) groups excluding carboxylic acids is 2. The summed E-state index contributed by atoms with van der Waals surface area (Å²) in [6.45, 7) is 4.00. The summed E-state index contributed by atoms with van der Waals surface area (Å²) < 4.78 is 5.01. The number of hydrogen-bond acceptors (Lipinski definition) is 4. The molecule has 156 valence electrons. The van der Waals surface area contributed by atoms with Crippen molar-refractivity contribution < 1.29 is 14.3 Å². The fraction of sp³-hybridized carbons (Fsp3) is 0.192. The lowest BCUT2D eigenvalue weighted by molar-refractivity contribution is -0.142. The minimum atomic E-state index is -0.803. The van der Waals surface area contributed by atoms with Crippen molar-refractivity contribution >= 4 is 33.7 Å². The standard InChI is InChI=1S/C26H24N2O3/c1-16-9-8-10-17(2)20(16)15-23(26(30)31-3)28-25(29)24-18-11-4-6-13-21(18)27-22-14-7-5-12-19(22)24/h4-14,23H,15H2,1-3H3,(H,28,29)/t23-/m0/s1. The molecule has 0 bridgehead atoms. The van der Waals surface area contributed by atoms with Gasteiger partial charge in [0.05, 0.1) is 23.7 Å². The smallest absolute Gasteiger partial charge is 0.328 e. The molecule has 1 N–H and O–H groups in total. The molecule has 4 aromatic rings. The quantitative estimate of drug-likeness (QED) is 0.387. The zero-order valence-corrected chi connectivity index (χ0v) is 17.8. The van der Waals surface area contributed by atoms with Gasteiger partial charge in [-0.3, -0.25) is 4.79 Å². The summed E-state index contributed by atoms with van der Waals surface area (Å²) >= 11 is 0. The highest BCUT2D eigenvalue weighted by atomic mass is 16.5. The Morgan fingerprint density at radius 3 is 1.97 bits per heavy atom. The number of methoxy groups -OCH3 is 1. The molecule has 1 atom stereocenters. The second-order valence-corrected chi connectivity index (χ2v) is 7.64. The van der Waals surface area contributed by atoms with Gasteiger partial charge in [0.1, 0.15) is 6.04 Å². The van der Waals surface area contributed by atoms with Crippen molar-refractivity contribution in [1.29, 1.82) is 0 Å². The molecule has 0 saturated heterocycles. The van der Waals surface area contributed by atoms with Crippen LogP contribution in [0, 0.1) is 13.8 Å². The number of pyridine rings is 1. The van der Waals surface area contributed by atoms with Crippen LogP contribution in [0.3, 0.4) is 0 Å². The maximum absolute atomic E-state index is 13.5. The van der Waals surface area contributed by atoms with Gasteiger partial charge in [-0.1, -0.05) is 54.6 Å². The molecule has 0 aliphatic heterocycles. The summed E-state index contributed by atoms with van der Waals surface area (Å²) in [6, 6.07) is 20.2. The third-order valence-corrected chi connectivity index (χ3v) is 5.66. The number of carbonyl (C=O) groups is 2. The SMILES string of the molecule is COC(=O)[C@H](Cc1c(C)cccc1C)NC(=O)c1c2ccccc2nc2ccccc12. The van der Waals surface area contributed by atoms with Gasteiger partial charge in [-0.2, -0.15) is 0 Å². The van der Waals surface area contributed by atoms with Gasteiger partial charge in [-0.05, 0) is 42.7 Å². The van der Waals surface area contributed by atoms with Crippen LogP contribution in [0.1, 0.15) is 27.0 Å². The Morgan fingerprint density at radius 2 is 1.42 bits per heavy atom. The van der Waals surface area contributed by atoms with E-state index in [1.165, 1.54) is 7.11 Å². The Hall–Kier alpha value is -3.73. The van der Waals surface area contributed by atoms with E-state index in [9.17, 15) is 9.59 Å². The first kappa shape index (κ1) is 20.5. The molecule has 5 heteroatoms. The van der Waals surface area contributed by atoms with E-state index in [-0.39, 0.29) is 5.91 Å². The van der Waals surface area contributed by atoms with Gasteiger partial charge in [-0.25, -0.2) is 9.78 Å². The number of benzene rings is 3. The Morgan fingerprint density at radius 1 is 0.871 bits per heavy atom. The maximum Gasteiger partial charge on any atom is 0.328 e. The number of aromatic nitrogens is 1. The van der Waals surface area contributed by atoms with E-state index in [4.69, 9.17) is 4.74 Å². The van der Waals surface area contributed by atoms with Crippen LogP contribution < -0.4 is 5.32 Å². The highest BCUT2D eigenvalue weighted by Crippen LogP contribution is 2.26. The number of rotatable bonds is 5. The van der Waals surface area contributed by atoms with Crippen LogP contribution >= 0.6 is 0 Å². The van der Waals surface area contributed by atoms with E-state index in [0.29, 0.717) is 12.0 Å². The monoisotopic (exact) mass is 412 g/mol. The molecule has 0 aliphatic carbocycles. The molecule has 0 aliphatic rings. The van der Waals surface area contributed by atoms with Crippen molar-refractivity contribution in [2.75, 3.05) is 7.11 Å². The summed E-state index contributed by atoms with van der Waals surface area (Å²) in [5.74, 6) is -0.796. The minimum Gasteiger partial charge on any atom is -0.467 e. The third kappa shape index (κ3) is 3.99. The van der Waals surface area contributed by atoms with Crippen molar-refractivity contribution in [1.82, 2.24) is 10.3 Å². The Bertz CT molecular complexity index is 1220. The normalized spacial score (nSPS) is 12.0. The van der Waals surface area contributed by atoms with Crippen LogP contribution in [-0.2, 0) is 16.0 Å². The van der Waals surface area contributed by atoms with Crippen molar-refractivity contribution in [3.8, 4) is 0 Å². The van der Waals surface area contributed by atoms with Crippen LogP contribution in [0.15, 0.2) is 66.7 Å². The highest BCUT2D eigenvalue weighted by Gasteiger charge is 2.26. The fourth-order valence-electron chi connectivity index (χ4n) is 4.03. The second-order valence-electron chi connectivity index (χ2n) is 7.64. The van der Waals surface area contributed by atoms with Gasteiger partial charge >= 0.3 is 5.97 Å². The van der Waals surface area contributed by atoms with E-state index < -0.39 is 12.0 Å². The molecule has 31 heavy (non-hydrogen) atoms. The maximum atomic E-state index is 13.5. The van der Waals surface area contributed by atoms with E-state index in [0.717, 1.165) is 38.5 Å². The molecule has 0 radical (unpaired) electrons. The summed E-state index contributed by atoms with van der Waals surface area (Å²) in [7, 11) is 1.34. The molecule has 5 nitrogen and oxygen atoms in total. The van der Waals surface area contributed by atoms with Crippen molar-refractivity contribution in [2.24, 2.45) is 0 Å². The van der Waals surface area contributed by atoms with Gasteiger partial charge in [0.15, 0.2) is 0 Å². The first-order valence-corrected chi connectivity index (χ1v) is 10.2. The topological polar surface area (TPSA) is 68.3 Å². The van der Waals surface area contributed by atoms with E-state index in [2.05, 4.69) is 10.3 Å². The number of aryl methyl sites for hydroxylation is 2. The van der Waals surface area contributed by atoms with E-state index in [1.807, 2.05) is 80.6 Å². The van der Waals surface area contributed by atoms with Gasteiger partial charge < -0.3 is 10.1 Å². The molecule has 1 amide bonds. The molecule has 3 aromatic carbocycles. The van der Waals surface area contributed by atoms with Crippen LogP contribution in [0.25, 0.3) is 21.8 Å². The van der Waals surface area contributed by atoms with Gasteiger partial charge in [0, 0.05) is 17.2 Å². The zero-order valence-electron chi connectivity index (χ0n) is 17.8. The van der Waals surface area contributed by atoms with Crippen LogP contribution in [0.4, 0.5) is 0 Å². The number of nitrogens with zero attached hydrogens (tertiary/aromatic N) is 1. The highest BCUT2D eigenvalue weighted by molar-refractivity contribution is 6.16. The molecular weight excluding hydrogens is 388 g/mol. The largest absolute Gasteiger partial charge is 0.467 e. The predicted molar refractivity (Wildman–Crippen MR) is 122 cm³/mol. The summed E-state index contributed by atoms with van der Waals surface area (Å²) in [5, 5.41) is 4.42. The lowest BCUT2D eigenvalue weighted by Crippen LogP contribution is -2.43. The molecule has 0 fully saturated rings. The number of para-hydroxylation sites is 2. The molecule has 0 saturated carbocycles. The number of hydrogen-bond donors (Lipinski definition) is 1. The van der Waals surface area contributed by atoms with Crippen LogP contribution in [0.2, 0.25) is 0 Å². The van der Waals surface area contributed by atoms with Crippen LogP contribution in [-0.4, -0.2) is 30.0 Å². The van der Waals surface area contributed by atoms with Crippen molar-refractivity contribution in [2.45, 2.75) is 26.3 Å². The Balaban J connectivity index is 1.77. The first-order valence-electron chi connectivity index (χ1n) is 10.2. The molecule has 0 unspecified atom stereocenters. The first-order chi connectivity index (χ1) is 15.0. The predicted octanol–water partition coefficient (Wildman–Crippen LogP) is 4.52. The molecule has 4 rings (SSSR count). The average Bonchev–Trinajstić information content (AvgIpc) is 2.78. The van der Waals surface area contributed by atoms with Crippen molar-refractivity contribution in [3.63, 3.8) is 0 Å². The summed E-state index contributed by atoms with van der Waals surface area (Å²) in [4.78, 5) is 30.8. The number of ether oxygens (including phenoxy) is 1. The summed E-state index contributed by atoms with van der Waals surface area (Å²) in [5.41, 5.74) is 5.15. The van der Waals surface area contributed by atoms with Crippen molar-refractivity contribution in [3.05, 3.63) is 89.0 Å². The van der Waals surface area contributed by atoms with E-state index in [1.54, 1.807) is 0 Å². The molecule has 0 spiro atoms. The molecule has 1 aromatic heterocycles. The zero-order chi connectivity index (χ0) is 22.0.